The van der Waals surface area contributed by atoms with Crippen LogP contribution in [0.25, 0.3) is 11.3 Å². The second kappa shape index (κ2) is 7.43. The van der Waals surface area contributed by atoms with Crippen molar-refractivity contribution in [1.82, 2.24) is 19.7 Å². The summed E-state index contributed by atoms with van der Waals surface area (Å²) in [5, 5.41) is 4.46. The van der Waals surface area contributed by atoms with Gasteiger partial charge in [0.15, 0.2) is 0 Å². The highest BCUT2D eigenvalue weighted by molar-refractivity contribution is 14.1. The summed E-state index contributed by atoms with van der Waals surface area (Å²) < 4.78 is 19.5. The molecule has 0 aliphatic rings. The molecule has 0 fully saturated rings. The van der Waals surface area contributed by atoms with Crippen LogP contribution >= 0.6 is 22.6 Å². The zero-order valence-electron chi connectivity index (χ0n) is 10.7. The summed E-state index contributed by atoms with van der Waals surface area (Å²) in [6.07, 6.45) is 3.81. The summed E-state index contributed by atoms with van der Waals surface area (Å²) in [4.78, 5) is 8.50. The van der Waals surface area contributed by atoms with E-state index in [-0.39, 0.29) is 0 Å². The van der Waals surface area contributed by atoms with E-state index < -0.39 is 11.6 Å². The van der Waals surface area contributed by atoms with Crippen molar-refractivity contribution in [1.29, 1.82) is 0 Å². The summed E-state index contributed by atoms with van der Waals surface area (Å²) in [6, 6.07) is 2.28. The maximum Gasteiger partial charge on any atom is 0.335 e. The molecule has 2 rings (SSSR count). The van der Waals surface area contributed by atoms with Crippen LogP contribution in [0.5, 0.6) is 0 Å². The van der Waals surface area contributed by atoms with Gasteiger partial charge in [-0.15, -0.1) is 0 Å². The summed E-state index contributed by atoms with van der Waals surface area (Å²) in [6.45, 7) is 6.11. The molecule has 0 saturated heterocycles. The van der Waals surface area contributed by atoms with Crippen LogP contribution in [-0.4, -0.2) is 28.2 Å². The Morgan fingerprint density at radius 2 is 2.00 bits per heavy atom. The van der Waals surface area contributed by atoms with Gasteiger partial charge in [0, 0.05) is 18.4 Å². The minimum absolute atomic E-state index is 0.366. The minimum Gasteiger partial charge on any atom is -0.268 e. The molecule has 0 radical (unpaired) electrons. The molecule has 0 amide bonds. The van der Waals surface area contributed by atoms with E-state index in [1.165, 1.54) is 0 Å². The number of aromatic nitrogens is 4. The lowest BCUT2D eigenvalue weighted by Crippen LogP contribution is -2.00. The molecular weight excluding hydrogens is 379 g/mol. The second-order valence-corrected chi connectivity index (χ2v) is 5.12. The van der Waals surface area contributed by atoms with Gasteiger partial charge in [-0.25, -0.2) is 9.97 Å². The normalized spacial score (nSPS) is 9.95. The highest BCUT2D eigenvalue weighted by Crippen LogP contribution is 2.23. The molecule has 0 spiro atoms. The average molecular weight is 392 g/mol. The largest absolute Gasteiger partial charge is 0.335 e. The van der Waals surface area contributed by atoms with Gasteiger partial charge in [0.2, 0.25) is 0 Å². The van der Waals surface area contributed by atoms with Crippen LogP contribution in [0, 0.1) is 10.6 Å². The molecule has 0 N–H and O–H groups in total. The molecule has 2 aromatic rings. The highest BCUT2D eigenvalue weighted by atomic mass is 127. The minimum atomic E-state index is -0.750. The zero-order valence-corrected chi connectivity index (χ0v) is 13.7. The van der Waals surface area contributed by atoms with E-state index in [0.717, 1.165) is 20.8 Å². The molecular formula is C11H13IN4O2S. The molecule has 2 aromatic heterocycles. The molecule has 0 aliphatic heterocycles. The number of nitrogens with zero attached hydrogens (tertiary/aromatic N) is 4. The predicted octanol–water partition coefficient (Wildman–Crippen LogP) is 2.16. The van der Waals surface area contributed by atoms with Crippen LogP contribution in [0.3, 0.4) is 0 Å². The van der Waals surface area contributed by atoms with E-state index >= 15 is 0 Å². The van der Waals surface area contributed by atoms with Crippen LogP contribution < -0.4 is 0 Å². The summed E-state index contributed by atoms with van der Waals surface area (Å²) in [7, 11) is 0. The van der Waals surface area contributed by atoms with E-state index in [4.69, 9.17) is 8.42 Å². The third kappa shape index (κ3) is 4.46. The van der Waals surface area contributed by atoms with E-state index in [1.54, 1.807) is 6.20 Å². The van der Waals surface area contributed by atoms with E-state index in [1.807, 2.05) is 23.9 Å². The fourth-order valence-corrected chi connectivity index (χ4v) is 2.08. The van der Waals surface area contributed by atoms with Gasteiger partial charge in [-0.2, -0.15) is 13.5 Å². The monoisotopic (exact) mass is 392 g/mol. The molecule has 6 nitrogen and oxygen atoms in total. The topological polar surface area (TPSA) is 77.7 Å². The lowest BCUT2D eigenvalue weighted by molar-refractivity contribution is 0.529. The molecule has 19 heavy (non-hydrogen) atoms. The quantitative estimate of drug-likeness (QED) is 0.733. The lowest BCUT2D eigenvalue weighted by atomic mass is 10.2. The van der Waals surface area contributed by atoms with Crippen molar-refractivity contribution in [3.8, 4) is 11.3 Å². The first-order valence-corrected chi connectivity index (χ1v) is 7.20. The van der Waals surface area contributed by atoms with Crippen molar-refractivity contribution in [2.75, 3.05) is 0 Å². The van der Waals surface area contributed by atoms with Crippen molar-refractivity contribution < 1.29 is 8.42 Å². The number of halogens is 1. The van der Waals surface area contributed by atoms with Crippen molar-refractivity contribution in [2.45, 2.75) is 26.8 Å². The zero-order chi connectivity index (χ0) is 14.4. The number of aryl methyl sites for hydroxylation is 1. The van der Waals surface area contributed by atoms with Crippen LogP contribution in [0.1, 0.15) is 25.7 Å². The van der Waals surface area contributed by atoms with Crippen molar-refractivity contribution in [3.05, 3.63) is 28.0 Å². The Labute approximate surface area is 128 Å². The number of hydrogen-bond acceptors (Lipinski definition) is 5. The highest BCUT2D eigenvalue weighted by Gasteiger charge is 2.11. The fourth-order valence-electron chi connectivity index (χ4n) is 1.41. The summed E-state index contributed by atoms with van der Waals surface area (Å²) in [5.41, 5.74) is 2.00. The Morgan fingerprint density at radius 1 is 1.37 bits per heavy atom. The van der Waals surface area contributed by atoms with Gasteiger partial charge in [0.05, 0.1) is 11.3 Å². The van der Waals surface area contributed by atoms with Gasteiger partial charge < -0.3 is 0 Å². The van der Waals surface area contributed by atoms with Crippen LogP contribution in [0.2, 0.25) is 0 Å². The van der Waals surface area contributed by atoms with Crippen LogP contribution in [0.4, 0.5) is 0 Å². The Balaban J connectivity index is 0.000000550. The first-order chi connectivity index (χ1) is 8.99. The maximum atomic E-state index is 8.29. The Hall–Kier alpha value is -1.16. The van der Waals surface area contributed by atoms with Gasteiger partial charge in [-0.3, -0.25) is 4.68 Å². The van der Waals surface area contributed by atoms with Crippen LogP contribution in [-0.2, 0) is 11.6 Å². The molecule has 2 heterocycles. The number of hydrogen-bond donors (Lipinski definition) is 0. The molecule has 0 unspecified atom stereocenters. The van der Waals surface area contributed by atoms with E-state index in [9.17, 15) is 0 Å². The maximum absolute atomic E-state index is 8.29. The molecule has 0 aliphatic carbocycles. The molecule has 0 bridgehead atoms. The van der Waals surface area contributed by atoms with E-state index in [2.05, 4.69) is 51.5 Å². The van der Waals surface area contributed by atoms with Crippen molar-refractivity contribution in [2.24, 2.45) is 0 Å². The van der Waals surface area contributed by atoms with Crippen LogP contribution in [0.15, 0.2) is 18.5 Å². The summed E-state index contributed by atoms with van der Waals surface area (Å²) in [5.74, 6) is 0.783. The van der Waals surface area contributed by atoms with Gasteiger partial charge in [-0.05, 0) is 49.4 Å². The molecule has 0 saturated carbocycles. The Bertz CT molecular complexity index is 594. The molecule has 0 atom stereocenters. The third-order valence-corrected chi connectivity index (χ3v) is 3.06. The van der Waals surface area contributed by atoms with Gasteiger partial charge in [-0.1, -0.05) is 0 Å². The standard InChI is InChI=1S/C11H13IN4.O2S/c1-7(2)16-6-9(11(12)15-16)10-4-5-13-8(3)14-10;1-3-2/h4-7H,1-3H3;. The Morgan fingerprint density at radius 3 is 2.47 bits per heavy atom. The third-order valence-electron chi connectivity index (χ3n) is 2.27. The Kier molecular flexibility index (Phi) is 6.22. The molecule has 8 heteroatoms. The lowest BCUT2D eigenvalue weighted by Gasteiger charge is -2.02. The van der Waals surface area contributed by atoms with Gasteiger partial charge in [0.1, 0.15) is 9.53 Å². The van der Waals surface area contributed by atoms with Gasteiger partial charge >= 0.3 is 11.6 Å². The van der Waals surface area contributed by atoms with Crippen molar-refractivity contribution in [3.63, 3.8) is 0 Å². The smallest absolute Gasteiger partial charge is 0.268 e. The molecule has 102 valence electrons. The predicted molar refractivity (Wildman–Crippen MR) is 80.0 cm³/mol. The van der Waals surface area contributed by atoms with E-state index in [0.29, 0.717) is 6.04 Å². The summed E-state index contributed by atoms with van der Waals surface area (Å²) >= 11 is 1.49. The fraction of sp³-hybridized carbons (Fsp3) is 0.364. The van der Waals surface area contributed by atoms with Gasteiger partial charge in [0.25, 0.3) is 0 Å². The second-order valence-electron chi connectivity index (χ2n) is 3.96. The SMILES string of the molecule is Cc1nccc(-c2cn(C(C)C)nc2I)n1.O=S=O. The first-order valence-electron chi connectivity index (χ1n) is 5.46. The molecule has 0 aromatic carbocycles. The van der Waals surface area contributed by atoms with Crippen molar-refractivity contribution >= 4 is 34.2 Å². The number of rotatable bonds is 2. The average Bonchev–Trinajstić information content (AvgIpc) is 2.72. The first kappa shape index (κ1) is 15.9.